The van der Waals surface area contributed by atoms with E-state index in [9.17, 15) is 13.2 Å². The van der Waals surface area contributed by atoms with Crippen molar-refractivity contribution in [3.8, 4) is 0 Å². The van der Waals surface area contributed by atoms with Gasteiger partial charge in [-0.15, -0.1) is 0 Å². The van der Waals surface area contributed by atoms with E-state index in [0.717, 1.165) is 10.6 Å². The summed E-state index contributed by atoms with van der Waals surface area (Å²) in [5.41, 5.74) is 3.29. The van der Waals surface area contributed by atoms with Crippen LogP contribution in [0.2, 0.25) is 0 Å². The zero-order valence-corrected chi connectivity index (χ0v) is 16.6. The molecular weight excluding hydrogens is 366 g/mol. The molecule has 0 spiro atoms. The lowest BCUT2D eigenvalue weighted by molar-refractivity contribution is -0.116. The second-order valence-corrected chi connectivity index (χ2v) is 10.3. The molecule has 6 heteroatoms. The summed E-state index contributed by atoms with van der Waals surface area (Å²) >= 11 is 1.68. The summed E-state index contributed by atoms with van der Waals surface area (Å²) in [5.74, 6) is 0.155. The molecule has 1 atom stereocenters. The van der Waals surface area contributed by atoms with Crippen LogP contribution in [0.5, 0.6) is 0 Å². The molecule has 1 amide bonds. The van der Waals surface area contributed by atoms with Gasteiger partial charge in [-0.3, -0.25) is 4.79 Å². The number of amides is 1. The van der Waals surface area contributed by atoms with Crippen molar-refractivity contribution in [2.75, 3.05) is 16.8 Å². The molecule has 1 heterocycles. The number of carbonyl (C=O) groups is 1. The highest BCUT2D eigenvalue weighted by atomic mass is 32.2. The van der Waals surface area contributed by atoms with Crippen LogP contribution in [0.4, 0.5) is 5.69 Å². The van der Waals surface area contributed by atoms with Crippen molar-refractivity contribution >= 4 is 33.2 Å². The maximum atomic E-state index is 12.1. The maximum absolute atomic E-state index is 12.1. The van der Waals surface area contributed by atoms with Crippen molar-refractivity contribution in [3.05, 3.63) is 53.6 Å². The molecule has 1 fully saturated rings. The Morgan fingerprint density at radius 1 is 1.08 bits per heavy atom. The number of hydrogen-bond donors (Lipinski definition) is 1. The maximum Gasteiger partial charge on any atom is 0.224 e. The van der Waals surface area contributed by atoms with E-state index in [-0.39, 0.29) is 29.8 Å². The van der Waals surface area contributed by atoms with Gasteiger partial charge in [0.2, 0.25) is 5.91 Å². The average Bonchev–Trinajstić information content (AvgIpc) is 2.91. The minimum Gasteiger partial charge on any atom is -0.326 e. The normalized spacial score (nSPS) is 18.6. The van der Waals surface area contributed by atoms with Gasteiger partial charge < -0.3 is 5.32 Å². The Balaban J connectivity index is 1.55. The summed E-state index contributed by atoms with van der Waals surface area (Å²) in [6.45, 7) is 4.20. The molecule has 0 aliphatic carbocycles. The highest BCUT2D eigenvalue weighted by Crippen LogP contribution is 2.30. The van der Waals surface area contributed by atoms with Crippen LogP contribution in [-0.2, 0) is 14.6 Å². The lowest BCUT2D eigenvalue weighted by Crippen LogP contribution is -2.17. The monoisotopic (exact) mass is 389 g/mol. The number of sulfone groups is 1. The van der Waals surface area contributed by atoms with Crippen LogP contribution in [0.25, 0.3) is 0 Å². The lowest BCUT2D eigenvalue weighted by atomic mass is 10.1. The van der Waals surface area contributed by atoms with E-state index in [1.54, 1.807) is 11.8 Å². The summed E-state index contributed by atoms with van der Waals surface area (Å²) in [6, 6.07) is 14.1. The van der Waals surface area contributed by atoms with Crippen LogP contribution >= 0.6 is 11.8 Å². The van der Waals surface area contributed by atoms with E-state index in [1.165, 1.54) is 16.0 Å². The lowest BCUT2D eigenvalue weighted by Gasteiger charge is -2.10. The highest BCUT2D eigenvalue weighted by Gasteiger charge is 2.29. The fraction of sp³-hybridized carbons (Fsp3) is 0.350. The first kappa shape index (κ1) is 19.0. The molecule has 0 unspecified atom stereocenters. The van der Waals surface area contributed by atoms with Gasteiger partial charge >= 0.3 is 0 Å². The Hall–Kier alpha value is -1.79. The fourth-order valence-electron chi connectivity index (χ4n) is 3.03. The standard InChI is InChI=1S/C20H23NO3S2/c1-14-3-6-19(11-15(14)2)25-18-7-4-17(5-8-18)21-20(22)12-16-9-10-26(23,24)13-16/h3-8,11,16H,9-10,12-13H2,1-2H3,(H,21,22)/t16-/m1/s1. The molecule has 0 bridgehead atoms. The molecule has 26 heavy (non-hydrogen) atoms. The number of benzene rings is 2. The molecule has 138 valence electrons. The minimum atomic E-state index is -2.94. The SMILES string of the molecule is Cc1ccc(Sc2ccc(NC(=O)C[C@H]3CCS(=O)(=O)C3)cc2)cc1C. The molecule has 2 aromatic carbocycles. The van der Waals surface area contributed by atoms with E-state index < -0.39 is 9.84 Å². The molecule has 1 N–H and O–H groups in total. The second-order valence-electron chi connectivity index (χ2n) is 6.89. The van der Waals surface area contributed by atoms with Crippen molar-refractivity contribution in [2.24, 2.45) is 5.92 Å². The highest BCUT2D eigenvalue weighted by molar-refractivity contribution is 7.99. The van der Waals surface area contributed by atoms with Crippen molar-refractivity contribution in [2.45, 2.75) is 36.5 Å². The van der Waals surface area contributed by atoms with E-state index in [0.29, 0.717) is 6.42 Å². The number of nitrogens with one attached hydrogen (secondary N) is 1. The molecule has 3 rings (SSSR count). The van der Waals surface area contributed by atoms with E-state index >= 15 is 0 Å². The number of carbonyl (C=O) groups excluding carboxylic acids is 1. The summed E-state index contributed by atoms with van der Waals surface area (Å²) in [5, 5.41) is 2.86. The van der Waals surface area contributed by atoms with E-state index in [2.05, 4.69) is 37.4 Å². The molecular formula is C20H23NO3S2. The molecule has 1 aliphatic rings. The molecule has 0 saturated carbocycles. The number of rotatable bonds is 5. The number of anilines is 1. The Bertz CT molecular complexity index is 905. The average molecular weight is 390 g/mol. The predicted octanol–water partition coefficient (Wildman–Crippen LogP) is 4.22. The summed E-state index contributed by atoms with van der Waals surface area (Å²) in [6.07, 6.45) is 0.847. The smallest absolute Gasteiger partial charge is 0.224 e. The molecule has 0 radical (unpaired) electrons. The molecule has 2 aromatic rings. The first-order valence-corrected chi connectivity index (χ1v) is 11.3. The summed E-state index contributed by atoms with van der Waals surface area (Å²) in [7, 11) is -2.94. The quantitative estimate of drug-likeness (QED) is 0.832. The van der Waals surface area contributed by atoms with Crippen LogP contribution < -0.4 is 5.32 Å². The summed E-state index contributed by atoms with van der Waals surface area (Å²) in [4.78, 5) is 14.4. The minimum absolute atomic E-state index is 0.0559. The van der Waals surface area contributed by atoms with E-state index in [1.807, 2.05) is 24.3 Å². The number of hydrogen-bond acceptors (Lipinski definition) is 4. The second kappa shape index (κ2) is 7.84. The van der Waals surface area contributed by atoms with Crippen LogP contribution in [0.3, 0.4) is 0 Å². The molecule has 4 nitrogen and oxygen atoms in total. The van der Waals surface area contributed by atoms with Gasteiger partial charge in [0.15, 0.2) is 9.84 Å². The topological polar surface area (TPSA) is 63.2 Å². The third kappa shape index (κ3) is 5.11. The van der Waals surface area contributed by atoms with Crippen LogP contribution in [0.1, 0.15) is 24.0 Å². The molecule has 0 aromatic heterocycles. The fourth-order valence-corrected chi connectivity index (χ4v) is 5.80. The van der Waals surface area contributed by atoms with Gasteiger partial charge in [-0.25, -0.2) is 8.42 Å². The first-order chi connectivity index (χ1) is 12.3. The van der Waals surface area contributed by atoms with Gasteiger partial charge in [0, 0.05) is 21.9 Å². The third-order valence-electron chi connectivity index (χ3n) is 4.65. The van der Waals surface area contributed by atoms with Crippen molar-refractivity contribution in [1.82, 2.24) is 0 Å². The predicted molar refractivity (Wildman–Crippen MR) is 106 cm³/mol. The van der Waals surface area contributed by atoms with E-state index in [4.69, 9.17) is 0 Å². The zero-order chi connectivity index (χ0) is 18.7. The Morgan fingerprint density at radius 3 is 2.38 bits per heavy atom. The van der Waals surface area contributed by atoms with Gasteiger partial charge in [0.25, 0.3) is 0 Å². The Kier molecular flexibility index (Phi) is 5.73. The van der Waals surface area contributed by atoms with Crippen molar-refractivity contribution in [3.63, 3.8) is 0 Å². The van der Waals surface area contributed by atoms with Crippen molar-refractivity contribution < 1.29 is 13.2 Å². The van der Waals surface area contributed by atoms with Gasteiger partial charge in [0.1, 0.15) is 0 Å². The third-order valence-corrected chi connectivity index (χ3v) is 7.49. The van der Waals surface area contributed by atoms with Crippen LogP contribution in [0.15, 0.2) is 52.3 Å². The molecule has 1 saturated heterocycles. The summed E-state index contributed by atoms with van der Waals surface area (Å²) < 4.78 is 22.9. The van der Waals surface area contributed by atoms with Crippen LogP contribution in [0, 0.1) is 19.8 Å². The zero-order valence-electron chi connectivity index (χ0n) is 15.0. The first-order valence-electron chi connectivity index (χ1n) is 8.66. The molecule has 1 aliphatic heterocycles. The van der Waals surface area contributed by atoms with Gasteiger partial charge in [-0.05, 0) is 73.7 Å². The Labute approximate surface area is 159 Å². The largest absolute Gasteiger partial charge is 0.326 e. The number of aryl methyl sites for hydroxylation is 2. The van der Waals surface area contributed by atoms with Gasteiger partial charge in [0.05, 0.1) is 11.5 Å². The Morgan fingerprint density at radius 2 is 1.77 bits per heavy atom. The van der Waals surface area contributed by atoms with Crippen LogP contribution in [-0.4, -0.2) is 25.8 Å². The van der Waals surface area contributed by atoms with Gasteiger partial charge in [-0.1, -0.05) is 17.8 Å². The van der Waals surface area contributed by atoms with Gasteiger partial charge in [-0.2, -0.15) is 0 Å². The van der Waals surface area contributed by atoms with Crippen molar-refractivity contribution in [1.29, 1.82) is 0 Å².